The van der Waals surface area contributed by atoms with Gasteiger partial charge in [-0.05, 0) is 17.7 Å². The Labute approximate surface area is 52.5 Å². The van der Waals surface area contributed by atoms with Crippen molar-refractivity contribution >= 4 is 0 Å². The quantitative estimate of drug-likeness (QED) is 0.498. The van der Waals surface area contributed by atoms with Crippen molar-refractivity contribution in [1.29, 1.82) is 0 Å². The first-order valence-electron chi connectivity index (χ1n) is 2.46. The number of nitrogens with zero attached hydrogens (tertiary/aromatic N) is 2. The van der Waals surface area contributed by atoms with Crippen LogP contribution in [0.2, 0.25) is 0 Å². The fraction of sp³-hybridized carbons (Fsp3) is 0.200. The van der Waals surface area contributed by atoms with Crippen molar-refractivity contribution < 1.29 is 4.74 Å². The molecular weight excluding hydrogens is 118 g/mol. The Morgan fingerprint density at radius 1 is 1.78 bits per heavy atom. The van der Waals surface area contributed by atoms with Crippen molar-refractivity contribution in [3.63, 3.8) is 0 Å². The molecule has 1 radical (unpaired) electrons. The lowest BCUT2D eigenvalue weighted by Gasteiger charge is -2.08. The van der Waals surface area contributed by atoms with Gasteiger partial charge in [0.2, 0.25) is 6.23 Å². The van der Waals surface area contributed by atoms with Gasteiger partial charge in [-0.25, -0.2) is 0 Å². The van der Waals surface area contributed by atoms with Gasteiger partial charge in [-0.2, -0.15) is 0 Å². The van der Waals surface area contributed by atoms with Gasteiger partial charge in [0.1, 0.15) is 6.26 Å². The van der Waals surface area contributed by atoms with Crippen molar-refractivity contribution in [3.8, 4) is 0 Å². The molecular formula is C5H6N3O. The highest BCUT2D eigenvalue weighted by Crippen LogP contribution is 2.04. The predicted molar refractivity (Wildman–Crippen MR) is 30.8 cm³/mol. The van der Waals surface area contributed by atoms with Crippen LogP contribution in [0.3, 0.4) is 0 Å². The fourth-order valence-electron chi connectivity index (χ4n) is 0.492. The van der Waals surface area contributed by atoms with Gasteiger partial charge in [-0.15, -0.1) is 5.11 Å². The Kier molecular flexibility index (Phi) is 1.48. The predicted octanol–water partition coefficient (Wildman–Crippen LogP) is -0.0487. The number of nitrogens with two attached hydrogens (primary N) is 1. The summed E-state index contributed by atoms with van der Waals surface area (Å²) in [6, 6.07) is 0. The number of allylic oxidation sites excluding steroid dienone is 1. The lowest BCUT2D eigenvalue weighted by atomic mass is 10.3. The standard InChI is InChI=1S/C5H6N3O/c6-4-1-2-5(8-7)9-3-4/h1-3,5H,6H2. The number of hydrogen-bond acceptors (Lipinski definition) is 3. The Hall–Kier alpha value is -1.32. The van der Waals surface area contributed by atoms with Gasteiger partial charge in [0.15, 0.2) is 0 Å². The molecule has 0 aliphatic carbocycles. The molecule has 2 N–H and O–H groups in total. The molecule has 0 amide bonds. The van der Waals surface area contributed by atoms with Crippen LogP contribution in [0.1, 0.15) is 0 Å². The molecule has 47 valence electrons. The molecule has 1 heterocycles. The maximum atomic E-state index is 8.16. The lowest BCUT2D eigenvalue weighted by molar-refractivity contribution is 0.182. The molecule has 0 aromatic carbocycles. The maximum absolute atomic E-state index is 8.16. The molecule has 4 nitrogen and oxygen atoms in total. The third kappa shape index (κ3) is 1.28. The second kappa shape index (κ2) is 2.30. The fourth-order valence-corrected chi connectivity index (χ4v) is 0.492. The Balaban J connectivity index is 2.58. The van der Waals surface area contributed by atoms with E-state index in [-0.39, 0.29) is 0 Å². The number of rotatable bonds is 1. The summed E-state index contributed by atoms with van der Waals surface area (Å²) in [4.78, 5) is 0. The molecule has 1 rings (SSSR count). The zero-order chi connectivity index (χ0) is 6.69. The van der Waals surface area contributed by atoms with E-state index in [4.69, 9.17) is 16.0 Å². The van der Waals surface area contributed by atoms with Gasteiger partial charge in [-0.1, -0.05) is 0 Å². The van der Waals surface area contributed by atoms with Gasteiger partial charge >= 0.3 is 0 Å². The summed E-state index contributed by atoms with van der Waals surface area (Å²) in [6.45, 7) is 0. The average molecular weight is 124 g/mol. The zero-order valence-corrected chi connectivity index (χ0v) is 4.69. The van der Waals surface area contributed by atoms with Gasteiger partial charge < -0.3 is 10.5 Å². The first-order chi connectivity index (χ1) is 4.33. The lowest BCUT2D eigenvalue weighted by Crippen LogP contribution is -2.09. The smallest absolute Gasteiger partial charge is 0.229 e. The minimum absolute atomic E-state index is 0.523. The van der Waals surface area contributed by atoms with Crippen LogP contribution in [0.5, 0.6) is 0 Å². The largest absolute Gasteiger partial charge is 0.469 e. The van der Waals surface area contributed by atoms with E-state index in [1.165, 1.54) is 6.26 Å². The van der Waals surface area contributed by atoms with Crippen LogP contribution in [-0.4, -0.2) is 6.23 Å². The van der Waals surface area contributed by atoms with Crippen LogP contribution in [0, 0.1) is 0 Å². The van der Waals surface area contributed by atoms with Crippen LogP contribution in [0.25, 0.3) is 0 Å². The van der Waals surface area contributed by atoms with Crippen molar-refractivity contribution in [3.05, 3.63) is 24.1 Å². The van der Waals surface area contributed by atoms with E-state index in [9.17, 15) is 0 Å². The minimum atomic E-state index is -0.586. The highest BCUT2D eigenvalue weighted by molar-refractivity contribution is 5.16. The van der Waals surface area contributed by atoms with Crippen LogP contribution < -0.4 is 11.3 Å². The molecule has 0 fully saturated rings. The van der Waals surface area contributed by atoms with Gasteiger partial charge in [0.05, 0.1) is 5.70 Å². The van der Waals surface area contributed by atoms with Crippen LogP contribution in [0.4, 0.5) is 0 Å². The van der Waals surface area contributed by atoms with Crippen LogP contribution in [-0.2, 0) is 4.74 Å². The monoisotopic (exact) mass is 124 g/mol. The molecule has 1 aliphatic heterocycles. The summed E-state index contributed by atoms with van der Waals surface area (Å²) in [5.41, 5.74) is 14.0. The van der Waals surface area contributed by atoms with E-state index < -0.39 is 6.23 Å². The highest BCUT2D eigenvalue weighted by Gasteiger charge is 2.03. The van der Waals surface area contributed by atoms with E-state index in [1.54, 1.807) is 12.2 Å². The zero-order valence-electron chi connectivity index (χ0n) is 4.69. The molecule has 1 unspecified atom stereocenters. The minimum Gasteiger partial charge on any atom is -0.469 e. The molecule has 0 saturated heterocycles. The molecule has 0 saturated carbocycles. The van der Waals surface area contributed by atoms with Crippen molar-refractivity contribution in [2.75, 3.05) is 0 Å². The summed E-state index contributed by atoms with van der Waals surface area (Å²) in [5, 5.41) is 2.87. The highest BCUT2D eigenvalue weighted by atomic mass is 16.5. The summed E-state index contributed by atoms with van der Waals surface area (Å²) in [7, 11) is 0. The van der Waals surface area contributed by atoms with E-state index in [0.717, 1.165) is 0 Å². The molecule has 0 aromatic heterocycles. The maximum Gasteiger partial charge on any atom is 0.229 e. The Morgan fingerprint density at radius 2 is 2.56 bits per heavy atom. The van der Waals surface area contributed by atoms with Crippen LogP contribution in [0.15, 0.2) is 29.2 Å². The summed E-state index contributed by atoms with van der Waals surface area (Å²) >= 11 is 0. The Morgan fingerprint density at radius 3 is 3.00 bits per heavy atom. The van der Waals surface area contributed by atoms with Crippen molar-refractivity contribution in [1.82, 2.24) is 5.53 Å². The first kappa shape index (κ1) is 5.81. The number of hydrogen-bond donors (Lipinski definition) is 1. The Bertz CT molecular complexity index is 173. The normalized spacial score (nSPS) is 24.4. The second-order valence-corrected chi connectivity index (χ2v) is 1.62. The molecule has 9 heavy (non-hydrogen) atoms. The molecule has 0 bridgehead atoms. The van der Waals surface area contributed by atoms with E-state index in [2.05, 4.69) is 5.11 Å². The summed E-state index contributed by atoms with van der Waals surface area (Å²) in [6.07, 6.45) is 3.92. The topological polar surface area (TPSA) is 69.9 Å². The first-order valence-corrected chi connectivity index (χ1v) is 2.46. The van der Waals surface area contributed by atoms with Crippen molar-refractivity contribution in [2.24, 2.45) is 10.8 Å². The average Bonchev–Trinajstić information content (AvgIpc) is 1.90. The second-order valence-electron chi connectivity index (χ2n) is 1.62. The molecule has 1 aliphatic rings. The van der Waals surface area contributed by atoms with E-state index >= 15 is 0 Å². The summed E-state index contributed by atoms with van der Waals surface area (Å²) < 4.78 is 4.75. The molecule has 0 spiro atoms. The SMILES string of the molecule is [N]=NC1C=CC(N)=CO1. The molecule has 0 aromatic rings. The van der Waals surface area contributed by atoms with Gasteiger partial charge in [-0.3, -0.25) is 0 Å². The third-order valence-corrected chi connectivity index (χ3v) is 0.911. The summed E-state index contributed by atoms with van der Waals surface area (Å²) in [5.74, 6) is 0. The number of ether oxygens (including phenoxy) is 1. The van der Waals surface area contributed by atoms with Crippen molar-refractivity contribution in [2.45, 2.75) is 6.23 Å². The molecule has 4 heteroatoms. The van der Waals surface area contributed by atoms with Gasteiger partial charge in [0, 0.05) is 0 Å². The molecule has 1 atom stereocenters. The van der Waals surface area contributed by atoms with E-state index in [0.29, 0.717) is 5.70 Å². The van der Waals surface area contributed by atoms with Gasteiger partial charge in [0.25, 0.3) is 0 Å². The van der Waals surface area contributed by atoms with E-state index in [1.807, 2.05) is 0 Å². The third-order valence-electron chi connectivity index (χ3n) is 0.911. The van der Waals surface area contributed by atoms with Crippen LogP contribution >= 0.6 is 0 Å².